The summed E-state index contributed by atoms with van der Waals surface area (Å²) in [5.41, 5.74) is 3.46. The number of aromatic nitrogens is 1. The Morgan fingerprint density at radius 1 is 1.16 bits per heavy atom. The molecule has 0 unspecified atom stereocenters. The van der Waals surface area contributed by atoms with Gasteiger partial charge in [-0.15, -0.1) is 0 Å². The van der Waals surface area contributed by atoms with Crippen molar-refractivity contribution in [3.8, 4) is 5.69 Å². The first kappa shape index (κ1) is 17.0. The third-order valence-electron chi connectivity index (χ3n) is 4.06. The van der Waals surface area contributed by atoms with E-state index in [9.17, 15) is 19.7 Å². The highest BCUT2D eigenvalue weighted by Gasteiger charge is 2.32. The zero-order valence-corrected chi connectivity index (χ0v) is 14.7. The van der Waals surface area contributed by atoms with E-state index in [0.29, 0.717) is 4.91 Å². The maximum absolute atomic E-state index is 12.0. The first-order chi connectivity index (χ1) is 11.8. The molecule has 2 heterocycles. The Labute approximate surface area is 148 Å². The highest BCUT2D eigenvalue weighted by molar-refractivity contribution is 8.18. The van der Waals surface area contributed by atoms with Crippen molar-refractivity contribution in [1.29, 1.82) is 0 Å². The first-order valence-corrected chi connectivity index (χ1v) is 8.26. The number of thioether (sulfide) groups is 1. The van der Waals surface area contributed by atoms with E-state index in [1.807, 2.05) is 24.5 Å². The molecule has 0 spiro atoms. The van der Waals surface area contributed by atoms with E-state index in [1.165, 1.54) is 19.2 Å². The van der Waals surface area contributed by atoms with Gasteiger partial charge in [0.25, 0.3) is 16.8 Å². The quantitative estimate of drug-likeness (QED) is 0.475. The molecule has 0 bridgehead atoms. The summed E-state index contributed by atoms with van der Waals surface area (Å²) >= 11 is 0.916. The number of carbonyl (C=O) groups excluding carboxylic acids is 2. The molecule has 1 aromatic heterocycles. The molecule has 1 aliphatic rings. The smallest absolute Gasteiger partial charge is 0.293 e. The van der Waals surface area contributed by atoms with Gasteiger partial charge in [0, 0.05) is 36.3 Å². The molecule has 1 fully saturated rings. The SMILES string of the molecule is Cc1cc(C=C2SC(=O)N(C)C2=O)c(C)n1-c1ccc([N+](=O)[O-])cc1. The number of benzene rings is 1. The summed E-state index contributed by atoms with van der Waals surface area (Å²) in [6.07, 6.45) is 1.71. The third kappa shape index (κ3) is 2.96. The van der Waals surface area contributed by atoms with Crippen molar-refractivity contribution >= 4 is 34.7 Å². The molecule has 1 aliphatic heterocycles. The molecule has 0 radical (unpaired) electrons. The first-order valence-electron chi connectivity index (χ1n) is 7.45. The number of nitrogens with zero attached hydrogens (tertiary/aromatic N) is 3. The topological polar surface area (TPSA) is 85.5 Å². The lowest BCUT2D eigenvalue weighted by Gasteiger charge is -2.09. The van der Waals surface area contributed by atoms with Gasteiger partial charge in [-0.05, 0) is 55.4 Å². The van der Waals surface area contributed by atoms with Crippen molar-refractivity contribution in [2.24, 2.45) is 0 Å². The van der Waals surface area contributed by atoms with Crippen LogP contribution in [-0.2, 0) is 4.79 Å². The largest absolute Gasteiger partial charge is 0.318 e. The molecule has 8 heteroatoms. The summed E-state index contributed by atoms with van der Waals surface area (Å²) in [7, 11) is 1.46. The number of non-ortho nitro benzene ring substituents is 1. The van der Waals surface area contributed by atoms with Crippen molar-refractivity contribution in [2.45, 2.75) is 13.8 Å². The van der Waals surface area contributed by atoms with Gasteiger partial charge in [0.05, 0.1) is 9.83 Å². The molecular weight excluding hydrogens is 342 g/mol. The Morgan fingerprint density at radius 2 is 1.80 bits per heavy atom. The maximum Gasteiger partial charge on any atom is 0.293 e. The molecule has 25 heavy (non-hydrogen) atoms. The monoisotopic (exact) mass is 357 g/mol. The predicted octanol–water partition coefficient (Wildman–Crippen LogP) is 3.67. The molecule has 0 aliphatic carbocycles. The van der Waals surface area contributed by atoms with Crippen LogP contribution in [0.1, 0.15) is 17.0 Å². The Balaban J connectivity index is 2.01. The summed E-state index contributed by atoms with van der Waals surface area (Å²) in [5.74, 6) is -0.310. The van der Waals surface area contributed by atoms with Gasteiger partial charge in [0.1, 0.15) is 0 Å². The van der Waals surface area contributed by atoms with Gasteiger partial charge in [-0.25, -0.2) is 0 Å². The molecule has 0 saturated carbocycles. The lowest BCUT2D eigenvalue weighted by atomic mass is 10.2. The van der Waals surface area contributed by atoms with E-state index in [0.717, 1.165) is 39.3 Å². The Kier molecular flexibility index (Phi) is 4.22. The summed E-state index contributed by atoms with van der Waals surface area (Å²) in [6, 6.07) is 8.19. The third-order valence-corrected chi connectivity index (χ3v) is 5.02. The van der Waals surface area contributed by atoms with Crippen LogP contribution in [0.3, 0.4) is 0 Å². The summed E-state index contributed by atoms with van der Waals surface area (Å²) in [5, 5.41) is 10.5. The number of carbonyl (C=O) groups is 2. The lowest BCUT2D eigenvalue weighted by Crippen LogP contribution is -2.22. The van der Waals surface area contributed by atoms with E-state index in [2.05, 4.69) is 0 Å². The molecule has 7 nitrogen and oxygen atoms in total. The Morgan fingerprint density at radius 3 is 2.32 bits per heavy atom. The van der Waals surface area contributed by atoms with Crippen molar-refractivity contribution in [3.63, 3.8) is 0 Å². The zero-order chi connectivity index (χ0) is 18.3. The highest BCUT2D eigenvalue weighted by atomic mass is 32.2. The second-order valence-corrected chi connectivity index (χ2v) is 6.67. The molecule has 2 amide bonds. The van der Waals surface area contributed by atoms with Crippen LogP contribution in [0.4, 0.5) is 10.5 Å². The van der Waals surface area contributed by atoms with Gasteiger partial charge in [-0.3, -0.25) is 24.6 Å². The van der Waals surface area contributed by atoms with Gasteiger partial charge >= 0.3 is 0 Å². The average Bonchev–Trinajstić information content (AvgIpc) is 2.98. The predicted molar refractivity (Wildman–Crippen MR) is 95.6 cm³/mol. The van der Waals surface area contributed by atoms with E-state index in [1.54, 1.807) is 18.2 Å². The van der Waals surface area contributed by atoms with Crippen LogP contribution in [0, 0.1) is 24.0 Å². The zero-order valence-electron chi connectivity index (χ0n) is 13.8. The number of hydrogen-bond acceptors (Lipinski definition) is 5. The Hall–Kier alpha value is -2.87. The summed E-state index contributed by atoms with van der Waals surface area (Å²) in [6.45, 7) is 3.81. The van der Waals surface area contributed by atoms with E-state index in [-0.39, 0.29) is 16.8 Å². The number of imide groups is 1. The fourth-order valence-electron chi connectivity index (χ4n) is 2.74. The number of hydrogen-bond donors (Lipinski definition) is 0. The number of amides is 2. The van der Waals surface area contributed by atoms with Crippen LogP contribution < -0.4 is 0 Å². The van der Waals surface area contributed by atoms with Crippen LogP contribution in [0.2, 0.25) is 0 Å². The number of nitro groups is 1. The molecule has 1 saturated heterocycles. The van der Waals surface area contributed by atoms with Crippen LogP contribution in [-0.4, -0.2) is 32.6 Å². The van der Waals surface area contributed by atoms with E-state index >= 15 is 0 Å². The van der Waals surface area contributed by atoms with Crippen LogP contribution in [0.15, 0.2) is 35.2 Å². The number of aryl methyl sites for hydroxylation is 1. The number of rotatable bonds is 3. The van der Waals surface area contributed by atoms with Crippen LogP contribution in [0.25, 0.3) is 11.8 Å². The minimum absolute atomic E-state index is 0.0306. The molecule has 1 aromatic carbocycles. The molecular formula is C17H15N3O4S. The van der Waals surface area contributed by atoms with Crippen LogP contribution in [0.5, 0.6) is 0 Å². The van der Waals surface area contributed by atoms with Crippen LogP contribution >= 0.6 is 11.8 Å². The van der Waals surface area contributed by atoms with Gasteiger partial charge in [0.2, 0.25) is 0 Å². The fourth-order valence-corrected chi connectivity index (χ4v) is 3.56. The molecule has 0 atom stereocenters. The van der Waals surface area contributed by atoms with E-state index in [4.69, 9.17) is 0 Å². The van der Waals surface area contributed by atoms with Gasteiger partial charge in [-0.1, -0.05) is 0 Å². The number of likely N-dealkylation sites (N-methyl/N-ethyl adjacent to an activating group) is 1. The molecule has 0 N–H and O–H groups in total. The molecule has 3 rings (SSSR count). The summed E-state index contributed by atoms with van der Waals surface area (Å²) in [4.78, 5) is 35.5. The second kappa shape index (κ2) is 6.21. The average molecular weight is 357 g/mol. The Bertz CT molecular complexity index is 928. The summed E-state index contributed by atoms with van der Waals surface area (Å²) < 4.78 is 1.95. The maximum atomic E-state index is 12.0. The fraction of sp³-hybridized carbons (Fsp3) is 0.176. The lowest BCUT2D eigenvalue weighted by molar-refractivity contribution is -0.384. The number of nitro benzene ring substituents is 1. The van der Waals surface area contributed by atoms with Gasteiger partial charge in [-0.2, -0.15) is 0 Å². The van der Waals surface area contributed by atoms with Crippen molar-refractivity contribution in [3.05, 3.63) is 62.3 Å². The van der Waals surface area contributed by atoms with Crippen molar-refractivity contribution < 1.29 is 14.5 Å². The highest BCUT2D eigenvalue weighted by Crippen LogP contribution is 2.32. The molecule has 128 valence electrons. The second-order valence-electron chi connectivity index (χ2n) is 5.68. The van der Waals surface area contributed by atoms with Crippen molar-refractivity contribution in [2.75, 3.05) is 7.05 Å². The standard InChI is InChI=1S/C17H15N3O4S/c1-10-8-12(9-15-16(21)18(3)17(22)25-15)11(2)19(10)13-4-6-14(7-5-13)20(23)24/h4-9H,1-3H3. The molecule has 2 aromatic rings. The van der Waals surface area contributed by atoms with E-state index < -0.39 is 4.92 Å². The minimum Gasteiger partial charge on any atom is -0.318 e. The minimum atomic E-state index is -0.439. The normalized spacial score (nSPS) is 16.1. The van der Waals surface area contributed by atoms with Crippen molar-refractivity contribution in [1.82, 2.24) is 9.47 Å². The van der Waals surface area contributed by atoms with Gasteiger partial charge in [0.15, 0.2) is 0 Å². The van der Waals surface area contributed by atoms with Gasteiger partial charge < -0.3 is 4.57 Å².